The Balaban J connectivity index is 2.78. The van der Waals surface area contributed by atoms with E-state index < -0.39 is 12.2 Å². The van der Waals surface area contributed by atoms with Gasteiger partial charge in [-0.15, -0.1) is 0 Å². The highest BCUT2D eigenvalue weighted by atomic mass is 35.5. The zero-order valence-corrected chi connectivity index (χ0v) is 8.59. The standard InChI is InChI=1S/C10H7ClF2N2/c1-5-3-2-4-6-7(5)8(11)15-10(14-6)9(12)13/h2-4,9H,1H3. The van der Waals surface area contributed by atoms with E-state index in [1.54, 1.807) is 12.1 Å². The number of nitrogens with zero attached hydrogens (tertiary/aromatic N) is 2. The van der Waals surface area contributed by atoms with Gasteiger partial charge in [-0.2, -0.15) is 0 Å². The van der Waals surface area contributed by atoms with Crippen molar-refractivity contribution in [3.05, 3.63) is 34.7 Å². The number of aromatic nitrogens is 2. The molecule has 2 rings (SSSR count). The Morgan fingerprint density at radius 3 is 2.67 bits per heavy atom. The highest BCUT2D eigenvalue weighted by Gasteiger charge is 2.14. The fraction of sp³-hybridized carbons (Fsp3) is 0.200. The van der Waals surface area contributed by atoms with Gasteiger partial charge in [-0.25, -0.2) is 18.7 Å². The Labute approximate surface area is 89.9 Å². The van der Waals surface area contributed by atoms with E-state index in [-0.39, 0.29) is 5.15 Å². The summed E-state index contributed by atoms with van der Waals surface area (Å²) >= 11 is 5.83. The van der Waals surface area contributed by atoms with Crippen LogP contribution in [0.2, 0.25) is 5.15 Å². The molecule has 2 nitrogen and oxygen atoms in total. The Kier molecular flexibility index (Phi) is 2.52. The number of hydrogen-bond acceptors (Lipinski definition) is 2. The number of halogens is 3. The number of fused-ring (bicyclic) bond motifs is 1. The van der Waals surface area contributed by atoms with E-state index >= 15 is 0 Å². The topological polar surface area (TPSA) is 25.8 Å². The molecule has 0 bridgehead atoms. The summed E-state index contributed by atoms with van der Waals surface area (Å²) in [4.78, 5) is 7.32. The van der Waals surface area contributed by atoms with Gasteiger partial charge in [0, 0.05) is 5.39 Å². The van der Waals surface area contributed by atoms with E-state index in [9.17, 15) is 8.78 Å². The lowest BCUT2D eigenvalue weighted by molar-refractivity contribution is 0.141. The van der Waals surface area contributed by atoms with Crippen molar-refractivity contribution < 1.29 is 8.78 Å². The number of alkyl halides is 2. The first kappa shape index (κ1) is 10.2. The van der Waals surface area contributed by atoms with Crippen molar-refractivity contribution in [1.29, 1.82) is 0 Å². The Hall–Kier alpha value is -1.29. The summed E-state index contributed by atoms with van der Waals surface area (Å²) in [5.74, 6) is -0.530. The summed E-state index contributed by atoms with van der Waals surface area (Å²) < 4.78 is 24.8. The third-order valence-electron chi connectivity index (χ3n) is 2.10. The summed E-state index contributed by atoms with van der Waals surface area (Å²) in [7, 11) is 0. The third kappa shape index (κ3) is 1.77. The van der Waals surface area contributed by atoms with Gasteiger partial charge in [0.25, 0.3) is 6.43 Å². The van der Waals surface area contributed by atoms with Gasteiger partial charge in [0.05, 0.1) is 5.52 Å². The molecule has 2 aromatic rings. The van der Waals surface area contributed by atoms with Crippen LogP contribution in [-0.2, 0) is 0 Å². The maximum absolute atomic E-state index is 12.4. The minimum atomic E-state index is -2.70. The maximum Gasteiger partial charge on any atom is 0.297 e. The fourth-order valence-corrected chi connectivity index (χ4v) is 1.75. The van der Waals surface area contributed by atoms with Crippen LogP contribution in [0.5, 0.6) is 0 Å². The maximum atomic E-state index is 12.4. The van der Waals surface area contributed by atoms with Gasteiger partial charge in [0.2, 0.25) is 0 Å². The van der Waals surface area contributed by atoms with Crippen LogP contribution in [0.15, 0.2) is 18.2 Å². The minimum Gasteiger partial charge on any atom is -0.227 e. The van der Waals surface area contributed by atoms with Gasteiger partial charge in [-0.1, -0.05) is 23.7 Å². The predicted molar refractivity (Wildman–Crippen MR) is 54.2 cm³/mol. The average molecular weight is 229 g/mol. The van der Waals surface area contributed by atoms with E-state index in [0.717, 1.165) is 5.56 Å². The van der Waals surface area contributed by atoms with Crippen molar-refractivity contribution in [2.45, 2.75) is 13.3 Å². The molecule has 15 heavy (non-hydrogen) atoms. The highest BCUT2D eigenvalue weighted by molar-refractivity contribution is 6.34. The molecule has 5 heteroatoms. The second-order valence-corrected chi connectivity index (χ2v) is 3.50. The number of aryl methyl sites for hydroxylation is 1. The number of hydrogen-bond donors (Lipinski definition) is 0. The zero-order chi connectivity index (χ0) is 11.0. The molecule has 0 N–H and O–H groups in total. The molecule has 78 valence electrons. The van der Waals surface area contributed by atoms with Crippen LogP contribution in [0.1, 0.15) is 17.8 Å². The second-order valence-electron chi connectivity index (χ2n) is 3.14. The largest absolute Gasteiger partial charge is 0.297 e. The van der Waals surface area contributed by atoms with Crippen molar-refractivity contribution in [2.24, 2.45) is 0 Å². The first-order chi connectivity index (χ1) is 7.09. The molecule has 0 amide bonds. The second kappa shape index (κ2) is 3.70. The lowest BCUT2D eigenvalue weighted by atomic mass is 10.1. The van der Waals surface area contributed by atoms with Crippen molar-refractivity contribution in [2.75, 3.05) is 0 Å². The van der Waals surface area contributed by atoms with E-state index in [0.29, 0.717) is 10.9 Å². The molecule has 0 saturated heterocycles. The number of benzene rings is 1. The van der Waals surface area contributed by atoms with E-state index in [4.69, 9.17) is 11.6 Å². The van der Waals surface area contributed by atoms with Crippen LogP contribution in [0.3, 0.4) is 0 Å². The lowest BCUT2D eigenvalue weighted by Crippen LogP contribution is -1.97. The van der Waals surface area contributed by atoms with Crippen molar-refractivity contribution in [1.82, 2.24) is 9.97 Å². The summed E-state index contributed by atoms with van der Waals surface area (Å²) in [6.07, 6.45) is -2.70. The van der Waals surface area contributed by atoms with Crippen LogP contribution in [0.4, 0.5) is 8.78 Å². The van der Waals surface area contributed by atoms with E-state index in [1.807, 2.05) is 13.0 Å². The van der Waals surface area contributed by atoms with E-state index in [1.165, 1.54) is 0 Å². The lowest BCUT2D eigenvalue weighted by Gasteiger charge is -2.05. The summed E-state index contributed by atoms with van der Waals surface area (Å²) in [5, 5.41) is 0.706. The first-order valence-electron chi connectivity index (χ1n) is 4.30. The van der Waals surface area contributed by atoms with Gasteiger partial charge in [0.1, 0.15) is 5.15 Å². The minimum absolute atomic E-state index is 0.0772. The zero-order valence-electron chi connectivity index (χ0n) is 7.84. The smallest absolute Gasteiger partial charge is 0.227 e. The molecular weight excluding hydrogens is 222 g/mol. The molecule has 1 aromatic carbocycles. The van der Waals surface area contributed by atoms with Gasteiger partial charge >= 0.3 is 0 Å². The molecule has 1 heterocycles. The molecule has 0 radical (unpaired) electrons. The normalized spacial score (nSPS) is 11.3. The molecule has 0 unspecified atom stereocenters. The molecule has 1 aromatic heterocycles. The highest BCUT2D eigenvalue weighted by Crippen LogP contribution is 2.26. The molecule has 0 fully saturated rings. The Morgan fingerprint density at radius 2 is 2.00 bits per heavy atom. The quantitative estimate of drug-likeness (QED) is 0.698. The van der Waals surface area contributed by atoms with Crippen LogP contribution in [0, 0.1) is 6.92 Å². The fourth-order valence-electron chi connectivity index (χ4n) is 1.42. The van der Waals surface area contributed by atoms with Gasteiger partial charge in [0.15, 0.2) is 5.82 Å². The Morgan fingerprint density at radius 1 is 1.27 bits per heavy atom. The van der Waals surface area contributed by atoms with Crippen molar-refractivity contribution >= 4 is 22.5 Å². The molecule has 0 aliphatic carbocycles. The molecule has 0 atom stereocenters. The summed E-state index contributed by atoms with van der Waals surface area (Å²) in [6.45, 7) is 1.83. The van der Waals surface area contributed by atoms with Gasteiger partial charge < -0.3 is 0 Å². The monoisotopic (exact) mass is 228 g/mol. The molecular formula is C10H7ClF2N2. The SMILES string of the molecule is Cc1cccc2nc(C(F)F)nc(Cl)c12. The summed E-state index contributed by atoms with van der Waals surface area (Å²) in [6, 6.07) is 5.22. The Bertz CT molecular complexity index is 514. The van der Waals surface area contributed by atoms with Crippen molar-refractivity contribution in [3.63, 3.8) is 0 Å². The predicted octanol–water partition coefficient (Wildman–Crippen LogP) is 3.53. The van der Waals surface area contributed by atoms with Gasteiger partial charge in [-0.05, 0) is 18.6 Å². The molecule has 0 spiro atoms. The summed E-state index contributed by atoms with van der Waals surface area (Å²) in [5.41, 5.74) is 1.32. The third-order valence-corrected chi connectivity index (χ3v) is 2.37. The van der Waals surface area contributed by atoms with Crippen molar-refractivity contribution in [3.8, 4) is 0 Å². The number of rotatable bonds is 1. The average Bonchev–Trinajstić information content (AvgIpc) is 2.17. The van der Waals surface area contributed by atoms with E-state index in [2.05, 4.69) is 9.97 Å². The van der Waals surface area contributed by atoms with Crippen LogP contribution < -0.4 is 0 Å². The van der Waals surface area contributed by atoms with Crippen LogP contribution in [-0.4, -0.2) is 9.97 Å². The van der Waals surface area contributed by atoms with Crippen LogP contribution in [0.25, 0.3) is 10.9 Å². The van der Waals surface area contributed by atoms with Crippen LogP contribution >= 0.6 is 11.6 Å². The molecule has 0 aliphatic heterocycles. The molecule has 0 saturated carbocycles. The van der Waals surface area contributed by atoms with Gasteiger partial charge in [-0.3, -0.25) is 0 Å². The molecule has 0 aliphatic rings. The first-order valence-corrected chi connectivity index (χ1v) is 4.68.